The predicted molar refractivity (Wildman–Crippen MR) is 79.6 cm³/mol. The molecule has 0 aliphatic rings. The molecule has 0 spiro atoms. The van der Waals surface area contributed by atoms with Gasteiger partial charge in [-0.25, -0.2) is 5.43 Å². The highest BCUT2D eigenvalue weighted by atomic mass is 16.2. The summed E-state index contributed by atoms with van der Waals surface area (Å²) in [6, 6.07) is 9.99. The van der Waals surface area contributed by atoms with Gasteiger partial charge in [0.15, 0.2) is 6.54 Å². The number of rotatable bonds is 5. The zero-order valence-corrected chi connectivity index (χ0v) is 12.1. The molecule has 4 nitrogen and oxygen atoms in total. The molecule has 4 heteroatoms. The molecule has 1 N–H and O–H groups in total. The third-order valence-electron chi connectivity index (χ3n) is 2.27. The second-order valence-corrected chi connectivity index (χ2v) is 5.54. The van der Waals surface area contributed by atoms with Crippen LogP contribution in [0.5, 0.6) is 0 Å². The number of hydrogen-bond acceptors (Lipinski definition) is 2. The minimum atomic E-state index is -0.0868. The third-order valence-corrected chi connectivity index (χ3v) is 2.27. The van der Waals surface area contributed by atoms with Crippen LogP contribution in [-0.4, -0.2) is 44.3 Å². The summed E-state index contributed by atoms with van der Waals surface area (Å²) in [6.45, 7) is 2.35. The summed E-state index contributed by atoms with van der Waals surface area (Å²) in [5, 5.41) is 3.95. The minimum Gasteiger partial charge on any atom is -0.323 e. The number of nitrogens with zero attached hydrogens (tertiary/aromatic N) is 2. The summed E-state index contributed by atoms with van der Waals surface area (Å²) < 4.78 is 0.584. The fourth-order valence-corrected chi connectivity index (χ4v) is 1.52. The molecule has 19 heavy (non-hydrogen) atoms. The lowest BCUT2D eigenvalue weighted by atomic mass is 10.1. The van der Waals surface area contributed by atoms with Gasteiger partial charge in [0.1, 0.15) is 0 Å². The zero-order chi connectivity index (χ0) is 14.3. The first-order valence-electron chi connectivity index (χ1n) is 6.22. The van der Waals surface area contributed by atoms with Gasteiger partial charge in [-0.15, -0.1) is 0 Å². The highest BCUT2D eigenvalue weighted by molar-refractivity contribution is 5.86. The Kier molecular flexibility index (Phi) is 5.45. The zero-order valence-electron chi connectivity index (χ0n) is 12.1. The van der Waals surface area contributed by atoms with Crippen molar-refractivity contribution in [3.8, 4) is 0 Å². The Hall–Kier alpha value is -1.94. The summed E-state index contributed by atoms with van der Waals surface area (Å²) in [7, 11) is 5.89. The molecule has 1 rings (SSSR count). The Balaban J connectivity index is 2.49. The molecule has 0 saturated carbocycles. The van der Waals surface area contributed by atoms with Crippen LogP contribution in [0, 0.1) is 0 Å². The van der Waals surface area contributed by atoms with E-state index >= 15 is 0 Å². The van der Waals surface area contributed by atoms with E-state index in [9.17, 15) is 4.79 Å². The number of quaternary nitrogens is 1. The second-order valence-electron chi connectivity index (χ2n) is 5.54. The number of allylic oxidation sites excluding steroid dienone is 1. The van der Waals surface area contributed by atoms with Crippen LogP contribution in [0.4, 0.5) is 0 Å². The van der Waals surface area contributed by atoms with Crippen molar-refractivity contribution in [2.24, 2.45) is 5.10 Å². The minimum absolute atomic E-state index is 0.0868. The molecule has 0 aromatic heterocycles. The average Bonchev–Trinajstić information content (AvgIpc) is 2.27. The molecule has 0 heterocycles. The molecule has 1 aromatic rings. The molecule has 0 saturated heterocycles. The van der Waals surface area contributed by atoms with Crippen molar-refractivity contribution in [1.82, 2.24) is 5.43 Å². The van der Waals surface area contributed by atoms with Crippen LogP contribution < -0.4 is 5.43 Å². The number of hydrazone groups is 1. The van der Waals surface area contributed by atoms with Gasteiger partial charge in [-0.1, -0.05) is 36.4 Å². The maximum atomic E-state index is 11.5. The van der Waals surface area contributed by atoms with Crippen molar-refractivity contribution in [2.75, 3.05) is 27.7 Å². The molecular formula is C15H22N3O+. The van der Waals surface area contributed by atoms with Crippen LogP contribution in [0.25, 0.3) is 6.08 Å². The molecule has 1 amide bonds. The Morgan fingerprint density at radius 2 is 1.89 bits per heavy atom. The first kappa shape index (κ1) is 15.1. The van der Waals surface area contributed by atoms with Crippen molar-refractivity contribution < 1.29 is 9.28 Å². The fraction of sp³-hybridized carbons (Fsp3) is 0.333. The van der Waals surface area contributed by atoms with E-state index in [0.717, 1.165) is 11.1 Å². The van der Waals surface area contributed by atoms with Crippen molar-refractivity contribution in [3.63, 3.8) is 0 Å². The van der Waals surface area contributed by atoms with E-state index in [4.69, 9.17) is 0 Å². The summed E-state index contributed by atoms with van der Waals surface area (Å²) in [5.74, 6) is -0.0868. The van der Waals surface area contributed by atoms with E-state index in [1.165, 1.54) is 0 Å². The topological polar surface area (TPSA) is 41.5 Å². The maximum absolute atomic E-state index is 11.5. The van der Waals surface area contributed by atoms with E-state index in [0.29, 0.717) is 11.0 Å². The molecule has 0 fully saturated rings. The highest BCUT2D eigenvalue weighted by Gasteiger charge is 2.12. The number of nitrogens with one attached hydrogen (secondary N) is 1. The summed E-state index contributed by atoms with van der Waals surface area (Å²) in [5.41, 5.74) is 4.63. The van der Waals surface area contributed by atoms with Crippen LogP contribution in [0.15, 0.2) is 41.0 Å². The van der Waals surface area contributed by atoms with E-state index in [1.54, 1.807) is 6.21 Å². The van der Waals surface area contributed by atoms with Gasteiger partial charge in [-0.3, -0.25) is 4.79 Å². The van der Waals surface area contributed by atoms with Crippen molar-refractivity contribution >= 4 is 18.2 Å². The van der Waals surface area contributed by atoms with Crippen LogP contribution in [-0.2, 0) is 4.79 Å². The molecule has 0 aliphatic heterocycles. The molecular weight excluding hydrogens is 238 g/mol. The number of hydrogen-bond donors (Lipinski definition) is 1. The molecule has 1 aromatic carbocycles. The first-order valence-corrected chi connectivity index (χ1v) is 6.22. The number of likely N-dealkylation sites (N-methyl/N-ethyl adjacent to an activating group) is 1. The van der Waals surface area contributed by atoms with Gasteiger partial charge in [0.2, 0.25) is 0 Å². The van der Waals surface area contributed by atoms with Gasteiger partial charge >= 0.3 is 0 Å². The SMILES string of the molecule is CC(/C=N\NC(=O)C[N+](C)(C)C)=C/c1ccccc1. The smallest absolute Gasteiger partial charge is 0.295 e. The Labute approximate surface area is 115 Å². The lowest BCUT2D eigenvalue weighted by Gasteiger charge is -2.21. The van der Waals surface area contributed by atoms with Crippen molar-refractivity contribution in [1.29, 1.82) is 0 Å². The van der Waals surface area contributed by atoms with Gasteiger partial charge < -0.3 is 4.48 Å². The molecule has 102 valence electrons. The van der Waals surface area contributed by atoms with Crippen LogP contribution in [0.1, 0.15) is 12.5 Å². The van der Waals surface area contributed by atoms with Crippen molar-refractivity contribution in [3.05, 3.63) is 41.5 Å². The molecule has 0 radical (unpaired) electrons. The molecule has 0 atom stereocenters. The monoisotopic (exact) mass is 260 g/mol. The fourth-order valence-electron chi connectivity index (χ4n) is 1.52. The number of benzene rings is 1. The first-order chi connectivity index (χ1) is 8.87. The Morgan fingerprint density at radius 1 is 1.26 bits per heavy atom. The number of amides is 1. The van der Waals surface area contributed by atoms with E-state index in [2.05, 4.69) is 10.5 Å². The standard InChI is InChI=1S/C15H21N3O/c1-13(10-14-8-6-5-7-9-14)11-16-17-15(19)12-18(2,3)4/h5-11H,12H2,1-4H3/p+1/b13-10-,16-11-. The summed E-state index contributed by atoms with van der Waals surface area (Å²) in [4.78, 5) is 11.5. The van der Waals surface area contributed by atoms with Gasteiger partial charge in [0, 0.05) is 0 Å². The maximum Gasteiger partial charge on any atom is 0.295 e. The lowest BCUT2D eigenvalue weighted by molar-refractivity contribution is -0.862. The normalized spacial score (nSPS) is 12.7. The van der Waals surface area contributed by atoms with Crippen molar-refractivity contribution in [2.45, 2.75) is 6.92 Å². The Bertz CT molecular complexity index is 470. The van der Waals surface area contributed by atoms with Crippen LogP contribution in [0.2, 0.25) is 0 Å². The van der Waals surface area contributed by atoms with E-state index < -0.39 is 0 Å². The molecule has 0 unspecified atom stereocenters. The largest absolute Gasteiger partial charge is 0.323 e. The van der Waals surface area contributed by atoms with Crippen LogP contribution in [0.3, 0.4) is 0 Å². The van der Waals surface area contributed by atoms with Gasteiger partial charge in [0.25, 0.3) is 5.91 Å². The number of carbonyl (C=O) groups is 1. The van der Waals surface area contributed by atoms with Crippen LogP contribution >= 0.6 is 0 Å². The number of carbonyl (C=O) groups excluding carboxylic acids is 1. The lowest BCUT2D eigenvalue weighted by Crippen LogP contribution is -2.43. The highest BCUT2D eigenvalue weighted by Crippen LogP contribution is 2.04. The van der Waals surface area contributed by atoms with Gasteiger partial charge in [-0.05, 0) is 18.1 Å². The Morgan fingerprint density at radius 3 is 2.47 bits per heavy atom. The summed E-state index contributed by atoms with van der Waals surface area (Å²) in [6.07, 6.45) is 3.66. The van der Waals surface area contributed by atoms with Gasteiger partial charge in [-0.2, -0.15) is 5.10 Å². The second kappa shape index (κ2) is 6.85. The molecule has 0 aliphatic carbocycles. The quantitative estimate of drug-likeness (QED) is 0.490. The third kappa shape index (κ3) is 7.16. The molecule has 0 bridgehead atoms. The average molecular weight is 260 g/mol. The summed E-state index contributed by atoms with van der Waals surface area (Å²) >= 11 is 0. The van der Waals surface area contributed by atoms with E-state index in [1.807, 2.05) is 64.5 Å². The van der Waals surface area contributed by atoms with E-state index in [-0.39, 0.29) is 5.91 Å². The van der Waals surface area contributed by atoms with Gasteiger partial charge in [0.05, 0.1) is 27.4 Å². The predicted octanol–water partition coefficient (Wildman–Crippen LogP) is 1.90.